The number of rotatable bonds is 4. The number of fused-ring (bicyclic) bond motifs is 3. The molecule has 1 aliphatic carbocycles. The van der Waals surface area contributed by atoms with Crippen molar-refractivity contribution in [3.63, 3.8) is 0 Å². The maximum atomic E-state index is 14.3. The van der Waals surface area contributed by atoms with Crippen LogP contribution in [0, 0.1) is 11.6 Å². The SMILES string of the molecule is Cn1nc2c3c(c(NC(=O)c4cc(F)cc(C(F)(F)F)c4)cc2c1C1CCC(=O)C1)C(c1cc(F)ccc1Cl)NC3=O. The van der Waals surface area contributed by atoms with Gasteiger partial charge in [0, 0.05) is 64.3 Å². The number of Topliss-reactive ketones (excluding diaryl/α,β-unsaturated/α-hetero) is 1. The molecule has 6 rings (SSSR count). The van der Waals surface area contributed by atoms with Gasteiger partial charge in [-0.15, -0.1) is 0 Å². The zero-order chi connectivity index (χ0) is 30.1. The molecule has 3 aromatic carbocycles. The third kappa shape index (κ3) is 4.69. The number of hydrogen-bond donors (Lipinski definition) is 2. The molecule has 13 heteroatoms. The van der Waals surface area contributed by atoms with E-state index in [1.165, 1.54) is 12.1 Å². The maximum Gasteiger partial charge on any atom is 0.416 e. The Kier molecular flexibility index (Phi) is 6.56. The van der Waals surface area contributed by atoms with Crippen molar-refractivity contribution in [2.24, 2.45) is 7.05 Å². The van der Waals surface area contributed by atoms with Gasteiger partial charge in [-0.3, -0.25) is 19.1 Å². The summed E-state index contributed by atoms with van der Waals surface area (Å²) < 4.78 is 70.0. The van der Waals surface area contributed by atoms with Crippen LogP contribution < -0.4 is 10.6 Å². The molecular weight excluding hydrogens is 583 g/mol. The van der Waals surface area contributed by atoms with Gasteiger partial charge in [0.15, 0.2) is 0 Å². The molecule has 2 amide bonds. The lowest BCUT2D eigenvalue weighted by atomic mass is 9.92. The molecule has 0 radical (unpaired) electrons. The van der Waals surface area contributed by atoms with E-state index in [9.17, 15) is 36.3 Å². The summed E-state index contributed by atoms with van der Waals surface area (Å²) in [6, 6.07) is 5.45. The number of amides is 2. The molecule has 0 spiro atoms. The number of carbonyl (C=O) groups is 3. The van der Waals surface area contributed by atoms with E-state index in [0.717, 1.165) is 12.1 Å². The number of hydrogen-bond acceptors (Lipinski definition) is 4. The Hall–Kier alpha value is -4.32. The predicted molar refractivity (Wildman–Crippen MR) is 142 cm³/mol. The van der Waals surface area contributed by atoms with Gasteiger partial charge in [-0.1, -0.05) is 11.6 Å². The van der Waals surface area contributed by atoms with Crippen molar-refractivity contribution >= 4 is 45.8 Å². The zero-order valence-electron chi connectivity index (χ0n) is 21.7. The second kappa shape index (κ2) is 9.90. The fourth-order valence-electron chi connectivity index (χ4n) is 5.85. The number of ketones is 1. The Morgan fingerprint density at radius 3 is 2.55 bits per heavy atom. The highest BCUT2D eigenvalue weighted by Gasteiger charge is 2.39. The van der Waals surface area contributed by atoms with Crippen molar-refractivity contribution < 1.29 is 36.3 Å². The summed E-state index contributed by atoms with van der Waals surface area (Å²) in [4.78, 5) is 38.8. The molecule has 2 heterocycles. The van der Waals surface area contributed by atoms with E-state index >= 15 is 0 Å². The first-order valence-corrected chi connectivity index (χ1v) is 13.2. The van der Waals surface area contributed by atoms with Crippen LogP contribution in [0.1, 0.15) is 74.3 Å². The van der Waals surface area contributed by atoms with Crippen molar-refractivity contribution in [3.05, 3.63) is 92.6 Å². The van der Waals surface area contributed by atoms with E-state index < -0.39 is 46.8 Å². The van der Waals surface area contributed by atoms with Crippen LogP contribution in [-0.2, 0) is 18.0 Å². The summed E-state index contributed by atoms with van der Waals surface area (Å²) in [7, 11) is 1.65. The standard InChI is InChI=1S/C29H20ClF5N4O3/c1-39-26(12-2-4-17(40)8-12)19-11-21(36-27(41)13-6-14(29(33,34)35)9-16(32)7-13)22-23(25(19)38-39)28(42)37-24(22)18-10-15(31)3-5-20(18)30/h3,5-7,9-12,24H,2,4,8H2,1H3,(H,36,41)(H,37,42). The van der Waals surface area contributed by atoms with E-state index in [1.807, 2.05) is 0 Å². The van der Waals surface area contributed by atoms with Crippen molar-refractivity contribution in [1.29, 1.82) is 0 Å². The lowest BCUT2D eigenvalue weighted by molar-refractivity contribution is -0.137. The average Bonchev–Trinajstić information content (AvgIpc) is 3.58. The summed E-state index contributed by atoms with van der Waals surface area (Å²) >= 11 is 6.36. The number of benzene rings is 3. The quantitative estimate of drug-likeness (QED) is 0.263. The monoisotopic (exact) mass is 602 g/mol. The van der Waals surface area contributed by atoms with Gasteiger partial charge in [0.2, 0.25) is 0 Å². The van der Waals surface area contributed by atoms with E-state index in [-0.39, 0.29) is 57.1 Å². The number of halogens is 6. The van der Waals surface area contributed by atoms with Crippen LogP contribution in [0.5, 0.6) is 0 Å². The number of aryl methyl sites for hydroxylation is 1. The number of alkyl halides is 3. The fourth-order valence-corrected chi connectivity index (χ4v) is 6.08. The Morgan fingerprint density at radius 2 is 1.86 bits per heavy atom. The number of anilines is 1. The third-order valence-corrected chi connectivity index (χ3v) is 7.99. The molecular formula is C29H20ClF5N4O3. The molecule has 0 bridgehead atoms. The molecule has 1 aliphatic heterocycles. The zero-order valence-corrected chi connectivity index (χ0v) is 22.5. The lowest BCUT2D eigenvalue weighted by Crippen LogP contribution is -2.21. The van der Waals surface area contributed by atoms with Gasteiger partial charge in [-0.2, -0.15) is 18.3 Å². The highest BCUT2D eigenvalue weighted by Crippen LogP contribution is 2.45. The van der Waals surface area contributed by atoms with Gasteiger partial charge in [0.1, 0.15) is 22.9 Å². The highest BCUT2D eigenvalue weighted by atomic mass is 35.5. The summed E-state index contributed by atoms with van der Waals surface area (Å²) in [6.45, 7) is 0. The normalized spacial score (nSPS) is 18.5. The van der Waals surface area contributed by atoms with Crippen LogP contribution in [0.3, 0.4) is 0 Å². The first-order chi connectivity index (χ1) is 19.8. The Balaban J connectivity index is 1.56. The van der Waals surface area contributed by atoms with E-state index in [0.29, 0.717) is 36.1 Å². The number of carbonyl (C=O) groups excluding carboxylic acids is 3. The molecule has 7 nitrogen and oxygen atoms in total. The highest BCUT2D eigenvalue weighted by molar-refractivity contribution is 6.31. The van der Waals surface area contributed by atoms with Gasteiger partial charge < -0.3 is 10.6 Å². The predicted octanol–water partition coefficient (Wildman–Crippen LogP) is 6.45. The number of nitrogens with zero attached hydrogens (tertiary/aromatic N) is 2. The van der Waals surface area contributed by atoms with E-state index in [2.05, 4.69) is 15.7 Å². The molecule has 2 N–H and O–H groups in total. The van der Waals surface area contributed by atoms with Crippen molar-refractivity contribution in [3.8, 4) is 0 Å². The van der Waals surface area contributed by atoms with E-state index in [1.54, 1.807) is 11.7 Å². The van der Waals surface area contributed by atoms with Gasteiger partial charge >= 0.3 is 6.18 Å². The fraction of sp³-hybridized carbons (Fsp3) is 0.241. The summed E-state index contributed by atoms with van der Waals surface area (Å²) in [5.41, 5.74) is -0.681. The Bertz CT molecular complexity index is 1830. The smallest absolute Gasteiger partial charge is 0.341 e. The second-order valence-electron chi connectivity index (χ2n) is 10.3. The molecule has 1 aromatic heterocycles. The molecule has 2 unspecified atom stereocenters. The Labute approximate surface area is 239 Å². The van der Waals surface area contributed by atoms with Crippen LogP contribution >= 0.6 is 11.6 Å². The second-order valence-corrected chi connectivity index (χ2v) is 10.8. The lowest BCUT2D eigenvalue weighted by Gasteiger charge is -2.19. The molecule has 2 atom stereocenters. The van der Waals surface area contributed by atoms with Crippen molar-refractivity contribution in [2.75, 3.05) is 5.32 Å². The first kappa shape index (κ1) is 27.8. The molecule has 0 saturated heterocycles. The van der Waals surface area contributed by atoms with Gasteiger partial charge in [0.05, 0.1) is 17.2 Å². The van der Waals surface area contributed by atoms with Crippen molar-refractivity contribution in [1.82, 2.24) is 15.1 Å². The molecule has 4 aromatic rings. The van der Waals surface area contributed by atoms with Crippen LogP contribution in [0.25, 0.3) is 10.9 Å². The minimum atomic E-state index is -4.91. The molecule has 216 valence electrons. The maximum absolute atomic E-state index is 14.3. The van der Waals surface area contributed by atoms with Crippen LogP contribution in [0.4, 0.5) is 27.6 Å². The topological polar surface area (TPSA) is 93.1 Å². The minimum Gasteiger partial charge on any atom is -0.341 e. The summed E-state index contributed by atoms with van der Waals surface area (Å²) in [5, 5.41) is 10.4. The van der Waals surface area contributed by atoms with Crippen LogP contribution in [0.2, 0.25) is 5.02 Å². The van der Waals surface area contributed by atoms with Crippen molar-refractivity contribution in [2.45, 2.75) is 37.4 Å². The molecule has 2 aliphatic rings. The van der Waals surface area contributed by atoms with E-state index in [4.69, 9.17) is 11.6 Å². The van der Waals surface area contributed by atoms with Crippen LogP contribution in [0.15, 0.2) is 42.5 Å². The molecule has 1 saturated carbocycles. The first-order valence-electron chi connectivity index (χ1n) is 12.8. The van der Waals surface area contributed by atoms with Gasteiger partial charge in [-0.05, 0) is 48.9 Å². The summed E-state index contributed by atoms with van der Waals surface area (Å²) in [5.74, 6) is -3.74. The number of nitrogens with one attached hydrogen (secondary N) is 2. The number of aromatic nitrogens is 2. The largest absolute Gasteiger partial charge is 0.416 e. The Morgan fingerprint density at radius 1 is 1.10 bits per heavy atom. The molecule has 42 heavy (non-hydrogen) atoms. The van der Waals surface area contributed by atoms with Crippen LogP contribution in [-0.4, -0.2) is 27.4 Å². The molecule has 1 fully saturated rings. The third-order valence-electron chi connectivity index (χ3n) is 7.64. The summed E-state index contributed by atoms with van der Waals surface area (Å²) in [6.07, 6.45) is -3.74. The van der Waals surface area contributed by atoms with Gasteiger partial charge in [-0.25, -0.2) is 8.78 Å². The van der Waals surface area contributed by atoms with Gasteiger partial charge in [0.25, 0.3) is 11.8 Å². The average molecular weight is 603 g/mol. The minimum absolute atomic E-state index is 0.00238.